The number of methoxy groups -OCH3 is 1. The number of halogens is 1. The summed E-state index contributed by atoms with van der Waals surface area (Å²) in [7, 11) is 1.35. The zero-order valence-electron chi connectivity index (χ0n) is 8.08. The minimum Gasteiger partial charge on any atom is -0.466 e. The first kappa shape index (κ1) is 10.8. The zero-order chi connectivity index (χ0) is 10.6. The molecule has 0 N–H and O–H groups in total. The molecule has 1 aromatic carbocycles. The summed E-state index contributed by atoms with van der Waals surface area (Å²) in [5, 5.41) is 0.653. The van der Waals surface area contributed by atoms with E-state index in [0.29, 0.717) is 5.02 Å². The Bertz CT molecular complexity index is 369. The topological polar surface area (TPSA) is 26.3 Å². The Labute approximate surface area is 88.1 Å². The van der Waals surface area contributed by atoms with E-state index in [1.54, 1.807) is 12.1 Å². The summed E-state index contributed by atoms with van der Waals surface area (Å²) in [6, 6.07) is 7.32. The van der Waals surface area contributed by atoms with Crippen molar-refractivity contribution in [2.24, 2.45) is 0 Å². The van der Waals surface area contributed by atoms with Gasteiger partial charge in [0, 0.05) is 11.1 Å². The van der Waals surface area contributed by atoms with Crippen LogP contribution in [0.4, 0.5) is 0 Å². The van der Waals surface area contributed by atoms with Gasteiger partial charge in [0.05, 0.1) is 7.11 Å². The fourth-order valence-electron chi connectivity index (χ4n) is 1.05. The van der Waals surface area contributed by atoms with Gasteiger partial charge in [0.2, 0.25) is 0 Å². The number of carbonyl (C=O) groups excluding carboxylic acids is 1. The average molecular weight is 211 g/mol. The fraction of sp³-hybridized carbons (Fsp3) is 0.182. The predicted octanol–water partition coefficient (Wildman–Crippen LogP) is 2.92. The minimum absolute atomic E-state index is 0.359. The maximum Gasteiger partial charge on any atom is 0.330 e. The van der Waals surface area contributed by atoms with Gasteiger partial charge >= 0.3 is 5.97 Å². The molecule has 0 aliphatic heterocycles. The molecule has 0 bridgehead atoms. The van der Waals surface area contributed by atoms with E-state index in [-0.39, 0.29) is 5.97 Å². The Morgan fingerprint density at radius 2 is 2.21 bits per heavy atom. The van der Waals surface area contributed by atoms with Gasteiger partial charge in [0.25, 0.3) is 0 Å². The van der Waals surface area contributed by atoms with Crippen LogP contribution in [-0.2, 0) is 9.53 Å². The standard InChI is InChI=1S/C11H11ClO2/c1-8(6-11(13)14-2)9-4-3-5-10(12)7-9/h3-7H,1-2H3/b8-6-. The summed E-state index contributed by atoms with van der Waals surface area (Å²) in [6.07, 6.45) is 1.44. The molecule has 0 heterocycles. The van der Waals surface area contributed by atoms with Crippen LogP contribution in [0.15, 0.2) is 30.3 Å². The SMILES string of the molecule is COC(=O)/C=C(/C)c1cccc(Cl)c1. The summed E-state index contributed by atoms with van der Waals surface area (Å²) >= 11 is 5.82. The first-order valence-corrected chi connectivity index (χ1v) is 4.53. The lowest BCUT2D eigenvalue weighted by atomic mass is 10.1. The van der Waals surface area contributed by atoms with Gasteiger partial charge in [-0.1, -0.05) is 23.7 Å². The first-order chi connectivity index (χ1) is 6.63. The Balaban J connectivity index is 2.94. The highest BCUT2D eigenvalue weighted by molar-refractivity contribution is 6.30. The van der Waals surface area contributed by atoms with Crippen LogP contribution in [0.2, 0.25) is 5.02 Å². The van der Waals surface area contributed by atoms with Crippen LogP contribution in [0, 0.1) is 0 Å². The van der Waals surface area contributed by atoms with E-state index in [1.165, 1.54) is 13.2 Å². The monoisotopic (exact) mass is 210 g/mol. The summed E-state index contributed by atoms with van der Waals surface area (Å²) in [5.74, 6) is -0.359. The molecular formula is C11H11ClO2. The third kappa shape index (κ3) is 2.89. The molecule has 0 spiro atoms. The largest absolute Gasteiger partial charge is 0.466 e. The summed E-state index contributed by atoms with van der Waals surface area (Å²) < 4.78 is 4.52. The van der Waals surface area contributed by atoms with Crippen molar-refractivity contribution in [3.05, 3.63) is 40.9 Å². The van der Waals surface area contributed by atoms with E-state index in [1.807, 2.05) is 19.1 Å². The second-order valence-electron chi connectivity index (χ2n) is 2.86. The second-order valence-corrected chi connectivity index (χ2v) is 3.30. The predicted molar refractivity (Wildman–Crippen MR) is 57.1 cm³/mol. The molecule has 0 amide bonds. The van der Waals surface area contributed by atoms with Crippen molar-refractivity contribution in [3.8, 4) is 0 Å². The molecule has 0 aromatic heterocycles. The maximum atomic E-state index is 10.9. The van der Waals surface area contributed by atoms with Gasteiger partial charge in [0.15, 0.2) is 0 Å². The Hall–Kier alpha value is -1.28. The Morgan fingerprint density at radius 1 is 1.50 bits per heavy atom. The molecule has 0 atom stereocenters. The van der Waals surface area contributed by atoms with E-state index in [2.05, 4.69) is 4.74 Å². The van der Waals surface area contributed by atoms with Crippen LogP contribution in [0.3, 0.4) is 0 Å². The van der Waals surface area contributed by atoms with Crippen LogP contribution >= 0.6 is 11.6 Å². The smallest absolute Gasteiger partial charge is 0.330 e. The van der Waals surface area contributed by atoms with Gasteiger partial charge < -0.3 is 4.74 Å². The van der Waals surface area contributed by atoms with E-state index < -0.39 is 0 Å². The van der Waals surface area contributed by atoms with Crippen LogP contribution in [-0.4, -0.2) is 13.1 Å². The van der Waals surface area contributed by atoms with E-state index >= 15 is 0 Å². The molecule has 1 rings (SSSR count). The number of hydrogen-bond donors (Lipinski definition) is 0. The van der Waals surface area contributed by atoms with Crippen molar-refractivity contribution in [2.45, 2.75) is 6.92 Å². The van der Waals surface area contributed by atoms with Gasteiger partial charge in [-0.15, -0.1) is 0 Å². The summed E-state index contributed by atoms with van der Waals surface area (Å²) in [6.45, 7) is 1.84. The number of benzene rings is 1. The van der Waals surface area contributed by atoms with Gasteiger partial charge in [0.1, 0.15) is 0 Å². The molecule has 0 aliphatic rings. The molecule has 14 heavy (non-hydrogen) atoms. The van der Waals surface area contributed by atoms with E-state index in [4.69, 9.17) is 11.6 Å². The second kappa shape index (κ2) is 4.82. The summed E-state index contributed by atoms with van der Waals surface area (Å²) in [4.78, 5) is 10.9. The van der Waals surface area contributed by atoms with Crippen molar-refractivity contribution in [3.63, 3.8) is 0 Å². The first-order valence-electron chi connectivity index (χ1n) is 4.15. The number of allylic oxidation sites excluding steroid dienone is 1. The van der Waals surface area contributed by atoms with E-state index in [9.17, 15) is 4.79 Å². The van der Waals surface area contributed by atoms with Crippen LogP contribution in [0.1, 0.15) is 12.5 Å². The number of esters is 1. The molecule has 0 saturated carbocycles. The minimum atomic E-state index is -0.359. The van der Waals surface area contributed by atoms with Gasteiger partial charge in [-0.3, -0.25) is 0 Å². The molecule has 0 radical (unpaired) electrons. The average Bonchev–Trinajstić information content (AvgIpc) is 2.17. The highest BCUT2D eigenvalue weighted by Crippen LogP contribution is 2.18. The lowest BCUT2D eigenvalue weighted by molar-refractivity contribution is -0.134. The number of rotatable bonds is 2. The highest BCUT2D eigenvalue weighted by Gasteiger charge is 2.00. The van der Waals surface area contributed by atoms with Crippen LogP contribution in [0.5, 0.6) is 0 Å². The van der Waals surface area contributed by atoms with Gasteiger partial charge in [-0.2, -0.15) is 0 Å². The maximum absolute atomic E-state index is 10.9. The number of carbonyl (C=O) groups is 1. The molecule has 0 fully saturated rings. The van der Waals surface area contributed by atoms with Crippen molar-refractivity contribution >= 4 is 23.1 Å². The number of hydrogen-bond acceptors (Lipinski definition) is 2. The lowest BCUT2D eigenvalue weighted by Crippen LogP contribution is -1.95. The molecule has 0 saturated heterocycles. The lowest BCUT2D eigenvalue weighted by Gasteiger charge is -2.01. The van der Waals surface area contributed by atoms with Crippen LogP contribution in [0.25, 0.3) is 5.57 Å². The quantitative estimate of drug-likeness (QED) is 0.554. The molecule has 0 unspecified atom stereocenters. The molecule has 3 heteroatoms. The van der Waals surface area contributed by atoms with E-state index in [0.717, 1.165) is 11.1 Å². The van der Waals surface area contributed by atoms with Crippen LogP contribution < -0.4 is 0 Å². The van der Waals surface area contributed by atoms with Crippen molar-refractivity contribution in [1.82, 2.24) is 0 Å². The van der Waals surface area contributed by atoms with Gasteiger partial charge in [-0.05, 0) is 30.2 Å². The molecule has 74 valence electrons. The van der Waals surface area contributed by atoms with Crippen molar-refractivity contribution in [2.75, 3.05) is 7.11 Å². The normalized spacial score (nSPS) is 11.2. The van der Waals surface area contributed by atoms with Crippen molar-refractivity contribution < 1.29 is 9.53 Å². The fourth-order valence-corrected chi connectivity index (χ4v) is 1.24. The summed E-state index contributed by atoms with van der Waals surface area (Å²) in [5.41, 5.74) is 1.75. The van der Waals surface area contributed by atoms with Gasteiger partial charge in [-0.25, -0.2) is 4.79 Å². The molecule has 0 aliphatic carbocycles. The van der Waals surface area contributed by atoms with Crippen molar-refractivity contribution in [1.29, 1.82) is 0 Å². The molecule has 2 nitrogen and oxygen atoms in total. The third-order valence-electron chi connectivity index (χ3n) is 1.82. The zero-order valence-corrected chi connectivity index (χ0v) is 8.84. The third-order valence-corrected chi connectivity index (χ3v) is 2.05. The number of ether oxygens (including phenoxy) is 1. The molecule has 1 aromatic rings. The Morgan fingerprint density at radius 3 is 2.79 bits per heavy atom. The molecular weight excluding hydrogens is 200 g/mol. The highest BCUT2D eigenvalue weighted by atomic mass is 35.5. The Kier molecular flexibility index (Phi) is 3.72.